The summed E-state index contributed by atoms with van der Waals surface area (Å²) in [5.74, 6) is -0.221. The number of hydrogen-bond acceptors (Lipinski definition) is 3. The number of carbonyl (C=O) groups is 2. The Balaban J connectivity index is 1.61. The minimum atomic E-state index is -0.948. The molecule has 4 atom stereocenters. The zero-order valence-corrected chi connectivity index (χ0v) is 11.5. The molecular formula is C15H17N3O3. The standard InChI is InChI=1S/C15H17N3O3/c19-14(10-4-8-1-2-9(10)3-8)18-6-12-11(16-7-17-12)5-13(18)15(20)21/h1-2,7-10,13H,3-6H2,(H,16,17)(H,20,21). The van der Waals surface area contributed by atoms with Crippen molar-refractivity contribution >= 4 is 11.9 Å². The van der Waals surface area contributed by atoms with Crippen LogP contribution in [0.2, 0.25) is 0 Å². The molecule has 2 bridgehead atoms. The van der Waals surface area contributed by atoms with Crippen LogP contribution < -0.4 is 0 Å². The first-order valence-electron chi connectivity index (χ1n) is 7.36. The van der Waals surface area contributed by atoms with Crippen LogP contribution in [0.15, 0.2) is 18.5 Å². The smallest absolute Gasteiger partial charge is 0.326 e. The zero-order chi connectivity index (χ0) is 14.6. The molecule has 110 valence electrons. The number of aliphatic carboxylic acids is 1. The van der Waals surface area contributed by atoms with E-state index in [-0.39, 0.29) is 18.2 Å². The normalized spacial score (nSPS) is 33.2. The fraction of sp³-hybridized carbons (Fsp3) is 0.533. The molecule has 1 amide bonds. The number of aromatic amines is 1. The molecule has 0 saturated heterocycles. The molecule has 6 nitrogen and oxygen atoms in total. The number of H-pyrrole nitrogens is 1. The van der Waals surface area contributed by atoms with Gasteiger partial charge in [-0.15, -0.1) is 0 Å². The summed E-state index contributed by atoms with van der Waals surface area (Å²) in [7, 11) is 0. The number of rotatable bonds is 2. The number of hydrogen-bond donors (Lipinski definition) is 2. The molecule has 1 aromatic rings. The number of nitrogens with one attached hydrogen (secondary N) is 1. The van der Waals surface area contributed by atoms with E-state index in [1.54, 1.807) is 6.33 Å². The van der Waals surface area contributed by atoms with Gasteiger partial charge in [-0.3, -0.25) is 4.79 Å². The lowest BCUT2D eigenvalue weighted by molar-refractivity contribution is -0.153. The number of carbonyl (C=O) groups excluding carboxylic acids is 1. The Kier molecular flexibility index (Phi) is 2.67. The first kappa shape index (κ1) is 12.6. The lowest BCUT2D eigenvalue weighted by Gasteiger charge is -2.35. The van der Waals surface area contributed by atoms with Crippen molar-refractivity contribution in [3.63, 3.8) is 0 Å². The van der Waals surface area contributed by atoms with Crippen LogP contribution in [0.1, 0.15) is 24.2 Å². The Morgan fingerprint density at radius 3 is 2.86 bits per heavy atom. The number of carboxylic acid groups (broad SMARTS) is 1. The number of nitrogens with zero attached hydrogens (tertiary/aromatic N) is 2. The van der Waals surface area contributed by atoms with Gasteiger partial charge in [0.2, 0.25) is 5.91 Å². The molecule has 2 aliphatic carbocycles. The average molecular weight is 287 g/mol. The fourth-order valence-electron chi connectivity index (χ4n) is 3.97. The summed E-state index contributed by atoms with van der Waals surface area (Å²) in [6.07, 6.45) is 8.06. The van der Waals surface area contributed by atoms with Crippen molar-refractivity contribution in [3.05, 3.63) is 29.9 Å². The highest BCUT2D eigenvalue weighted by Crippen LogP contribution is 2.44. The maximum atomic E-state index is 12.8. The van der Waals surface area contributed by atoms with Crippen molar-refractivity contribution in [1.82, 2.24) is 14.9 Å². The van der Waals surface area contributed by atoms with Crippen LogP contribution in [0.3, 0.4) is 0 Å². The zero-order valence-electron chi connectivity index (χ0n) is 11.5. The van der Waals surface area contributed by atoms with Crippen LogP contribution in [0.4, 0.5) is 0 Å². The lowest BCUT2D eigenvalue weighted by Crippen LogP contribution is -2.51. The fourth-order valence-corrected chi connectivity index (χ4v) is 3.97. The number of carboxylic acids is 1. The van der Waals surface area contributed by atoms with Gasteiger partial charge in [0, 0.05) is 12.3 Å². The van der Waals surface area contributed by atoms with Crippen LogP contribution in [0.25, 0.3) is 0 Å². The average Bonchev–Trinajstić information content (AvgIpc) is 3.20. The van der Waals surface area contributed by atoms with Crippen molar-refractivity contribution in [2.45, 2.75) is 31.8 Å². The second-order valence-corrected chi connectivity index (χ2v) is 6.24. The van der Waals surface area contributed by atoms with Gasteiger partial charge in [-0.2, -0.15) is 0 Å². The molecule has 4 rings (SSSR count). The number of amides is 1. The van der Waals surface area contributed by atoms with E-state index in [0.29, 0.717) is 18.4 Å². The molecule has 3 aliphatic rings. The van der Waals surface area contributed by atoms with E-state index in [2.05, 4.69) is 22.1 Å². The highest BCUT2D eigenvalue weighted by molar-refractivity contribution is 5.86. The molecule has 21 heavy (non-hydrogen) atoms. The van der Waals surface area contributed by atoms with Gasteiger partial charge in [-0.25, -0.2) is 9.78 Å². The first-order chi connectivity index (χ1) is 10.1. The van der Waals surface area contributed by atoms with E-state index in [9.17, 15) is 14.7 Å². The Labute approximate surface area is 121 Å². The summed E-state index contributed by atoms with van der Waals surface area (Å²) < 4.78 is 0. The summed E-state index contributed by atoms with van der Waals surface area (Å²) in [5.41, 5.74) is 1.62. The quantitative estimate of drug-likeness (QED) is 0.793. The predicted octanol–water partition coefficient (Wildman–Crippen LogP) is 0.960. The minimum Gasteiger partial charge on any atom is -0.480 e. The lowest BCUT2D eigenvalue weighted by atomic mass is 9.90. The van der Waals surface area contributed by atoms with E-state index in [1.807, 2.05) is 0 Å². The van der Waals surface area contributed by atoms with Crippen LogP contribution in [-0.4, -0.2) is 37.9 Å². The molecule has 0 spiro atoms. The Morgan fingerprint density at radius 1 is 1.33 bits per heavy atom. The number of imidazole rings is 1. The van der Waals surface area contributed by atoms with E-state index in [0.717, 1.165) is 24.2 Å². The van der Waals surface area contributed by atoms with Gasteiger partial charge in [0.25, 0.3) is 0 Å². The third kappa shape index (κ3) is 1.89. The number of allylic oxidation sites excluding steroid dienone is 2. The van der Waals surface area contributed by atoms with Gasteiger partial charge >= 0.3 is 5.97 Å². The van der Waals surface area contributed by atoms with E-state index in [4.69, 9.17) is 0 Å². The van der Waals surface area contributed by atoms with Gasteiger partial charge in [0.05, 0.1) is 24.3 Å². The van der Waals surface area contributed by atoms with Crippen LogP contribution in [-0.2, 0) is 22.6 Å². The third-order valence-electron chi connectivity index (χ3n) is 5.06. The van der Waals surface area contributed by atoms with E-state index < -0.39 is 12.0 Å². The topological polar surface area (TPSA) is 86.3 Å². The molecule has 1 fully saturated rings. The number of fused-ring (bicyclic) bond motifs is 3. The molecule has 0 aromatic carbocycles. The maximum absolute atomic E-state index is 12.8. The van der Waals surface area contributed by atoms with Crippen molar-refractivity contribution in [2.75, 3.05) is 0 Å². The second-order valence-electron chi connectivity index (χ2n) is 6.24. The Hall–Kier alpha value is -2.11. The van der Waals surface area contributed by atoms with Crippen molar-refractivity contribution in [3.8, 4) is 0 Å². The molecule has 1 aromatic heterocycles. The van der Waals surface area contributed by atoms with Crippen LogP contribution in [0.5, 0.6) is 0 Å². The van der Waals surface area contributed by atoms with Gasteiger partial charge in [0.15, 0.2) is 0 Å². The molecular weight excluding hydrogens is 270 g/mol. The molecule has 1 aliphatic heterocycles. The highest BCUT2D eigenvalue weighted by Gasteiger charge is 2.45. The highest BCUT2D eigenvalue weighted by atomic mass is 16.4. The summed E-state index contributed by atoms with van der Waals surface area (Å²) in [5, 5.41) is 9.45. The molecule has 1 saturated carbocycles. The SMILES string of the molecule is O=C(O)C1Cc2nc[nH]c2CN1C(=O)C1CC2C=CC1C2. The molecule has 4 unspecified atom stereocenters. The summed E-state index contributed by atoms with van der Waals surface area (Å²) in [6, 6.07) is -0.795. The first-order valence-corrected chi connectivity index (χ1v) is 7.36. The molecule has 0 radical (unpaired) electrons. The second kappa shape index (κ2) is 4.44. The predicted molar refractivity (Wildman–Crippen MR) is 73.1 cm³/mol. The van der Waals surface area contributed by atoms with E-state index >= 15 is 0 Å². The third-order valence-corrected chi connectivity index (χ3v) is 5.06. The summed E-state index contributed by atoms with van der Waals surface area (Å²) in [6.45, 7) is 0.322. The molecule has 6 heteroatoms. The minimum absolute atomic E-state index is 0.0144. The largest absolute Gasteiger partial charge is 0.480 e. The van der Waals surface area contributed by atoms with Crippen LogP contribution in [0, 0.1) is 17.8 Å². The molecule has 2 N–H and O–H groups in total. The van der Waals surface area contributed by atoms with Crippen molar-refractivity contribution in [1.29, 1.82) is 0 Å². The van der Waals surface area contributed by atoms with Crippen LogP contribution >= 0.6 is 0 Å². The van der Waals surface area contributed by atoms with Gasteiger partial charge in [-0.05, 0) is 24.7 Å². The van der Waals surface area contributed by atoms with Crippen molar-refractivity contribution in [2.24, 2.45) is 17.8 Å². The van der Waals surface area contributed by atoms with Gasteiger partial charge in [-0.1, -0.05) is 12.2 Å². The molecule has 2 heterocycles. The monoisotopic (exact) mass is 287 g/mol. The summed E-state index contributed by atoms with van der Waals surface area (Å²) in [4.78, 5) is 33.1. The Bertz CT molecular complexity index is 636. The van der Waals surface area contributed by atoms with Crippen molar-refractivity contribution < 1.29 is 14.7 Å². The van der Waals surface area contributed by atoms with E-state index in [1.165, 1.54) is 4.90 Å². The number of aromatic nitrogens is 2. The summed E-state index contributed by atoms with van der Waals surface area (Å²) >= 11 is 0. The maximum Gasteiger partial charge on any atom is 0.326 e. The van der Waals surface area contributed by atoms with Gasteiger partial charge in [0.1, 0.15) is 6.04 Å². The Morgan fingerprint density at radius 2 is 2.19 bits per heavy atom. The van der Waals surface area contributed by atoms with Gasteiger partial charge < -0.3 is 15.0 Å².